The van der Waals surface area contributed by atoms with E-state index in [0.717, 1.165) is 55.1 Å². The van der Waals surface area contributed by atoms with Crippen molar-refractivity contribution < 1.29 is 14.3 Å². The second kappa shape index (κ2) is 8.31. The maximum atomic E-state index is 13.1. The second-order valence-electron chi connectivity index (χ2n) is 8.59. The zero-order valence-corrected chi connectivity index (χ0v) is 18.5. The van der Waals surface area contributed by atoms with Crippen LogP contribution in [0, 0.1) is 0 Å². The Morgan fingerprint density at radius 3 is 2.59 bits per heavy atom. The minimum absolute atomic E-state index is 0.0754. The summed E-state index contributed by atoms with van der Waals surface area (Å²) in [4.78, 5) is 19.9. The number of anilines is 1. The molecule has 7 nitrogen and oxygen atoms in total. The fourth-order valence-electron chi connectivity index (χ4n) is 4.77. The van der Waals surface area contributed by atoms with Crippen LogP contribution in [-0.4, -0.2) is 40.6 Å². The van der Waals surface area contributed by atoms with Crippen LogP contribution in [0.3, 0.4) is 0 Å². The third-order valence-corrected chi connectivity index (χ3v) is 6.73. The molecule has 2 aromatic carbocycles. The van der Waals surface area contributed by atoms with Gasteiger partial charge in [-0.05, 0) is 43.1 Å². The van der Waals surface area contributed by atoms with Crippen LogP contribution in [0.5, 0.6) is 11.5 Å². The van der Waals surface area contributed by atoms with Gasteiger partial charge in [-0.15, -0.1) is 0 Å². The molecule has 1 amide bonds. The summed E-state index contributed by atoms with van der Waals surface area (Å²) in [7, 11) is 3.65. The van der Waals surface area contributed by atoms with Gasteiger partial charge in [0, 0.05) is 31.2 Å². The van der Waals surface area contributed by atoms with Crippen LogP contribution in [-0.2, 0) is 30.4 Å². The summed E-state index contributed by atoms with van der Waals surface area (Å²) in [6.45, 7) is 2.92. The van der Waals surface area contributed by atoms with E-state index in [1.54, 1.807) is 7.11 Å². The Labute approximate surface area is 188 Å². The number of aryl methyl sites for hydroxylation is 1. The van der Waals surface area contributed by atoms with Crippen LogP contribution < -0.4 is 14.8 Å². The summed E-state index contributed by atoms with van der Waals surface area (Å²) in [5.41, 5.74) is 2.41. The number of likely N-dealkylation sites (tertiary alicyclic amines) is 1. The first-order valence-electron chi connectivity index (χ1n) is 11.0. The lowest BCUT2D eigenvalue weighted by Crippen LogP contribution is -2.46. The maximum Gasteiger partial charge on any atom is 0.235 e. The molecule has 3 aromatic rings. The lowest BCUT2D eigenvalue weighted by atomic mass is 9.73. The average molecular weight is 433 g/mol. The number of hydrogen-bond acceptors (Lipinski definition) is 5. The molecular formula is C25H28N4O3. The van der Waals surface area contributed by atoms with Crippen molar-refractivity contribution in [2.75, 3.05) is 25.5 Å². The Hall–Kier alpha value is -3.32. The quantitative estimate of drug-likeness (QED) is 0.646. The van der Waals surface area contributed by atoms with Gasteiger partial charge in [0.15, 0.2) is 11.5 Å². The van der Waals surface area contributed by atoms with Crippen molar-refractivity contribution in [3.8, 4) is 11.5 Å². The number of carbonyl (C=O) groups is 1. The Bertz CT molecular complexity index is 1120. The molecule has 1 saturated heterocycles. The summed E-state index contributed by atoms with van der Waals surface area (Å²) < 4.78 is 13.7. The fourth-order valence-corrected chi connectivity index (χ4v) is 4.77. The van der Waals surface area contributed by atoms with E-state index in [1.807, 2.05) is 66.5 Å². The molecule has 1 spiro atoms. The molecule has 0 bridgehead atoms. The van der Waals surface area contributed by atoms with Gasteiger partial charge in [-0.3, -0.25) is 9.69 Å². The molecule has 1 aromatic heterocycles. The highest BCUT2D eigenvalue weighted by Crippen LogP contribution is 2.49. The Balaban J connectivity index is 1.35. The summed E-state index contributed by atoms with van der Waals surface area (Å²) in [6, 6.07) is 13.9. The monoisotopic (exact) mass is 432 g/mol. The van der Waals surface area contributed by atoms with E-state index >= 15 is 0 Å². The number of imidazole rings is 1. The van der Waals surface area contributed by atoms with Gasteiger partial charge in [-0.1, -0.05) is 30.3 Å². The number of amides is 1. The number of hydrogen-bond donors (Lipinski definition) is 1. The summed E-state index contributed by atoms with van der Waals surface area (Å²) in [5.74, 6) is 2.41. The molecular weight excluding hydrogens is 404 g/mol. The first-order valence-corrected chi connectivity index (χ1v) is 11.0. The van der Waals surface area contributed by atoms with Crippen LogP contribution in [0.25, 0.3) is 0 Å². The summed E-state index contributed by atoms with van der Waals surface area (Å²) in [6.07, 6.45) is 5.32. The predicted molar refractivity (Wildman–Crippen MR) is 122 cm³/mol. The third-order valence-electron chi connectivity index (χ3n) is 6.73. The van der Waals surface area contributed by atoms with Crippen LogP contribution in [0.15, 0.2) is 54.9 Å². The Morgan fingerprint density at radius 2 is 1.91 bits per heavy atom. The number of piperidine rings is 1. The van der Waals surface area contributed by atoms with E-state index in [2.05, 4.69) is 15.2 Å². The van der Waals surface area contributed by atoms with Crippen molar-refractivity contribution in [3.63, 3.8) is 0 Å². The molecule has 0 atom stereocenters. The third kappa shape index (κ3) is 3.62. The number of rotatable bonds is 6. The van der Waals surface area contributed by atoms with Crippen molar-refractivity contribution in [1.29, 1.82) is 0 Å². The van der Waals surface area contributed by atoms with Gasteiger partial charge in [-0.25, -0.2) is 4.98 Å². The van der Waals surface area contributed by atoms with E-state index in [-0.39, 0.29) is 5.91 Å². The van der Waals surface area contributed by atoms with Gasteiger partial charge in [0.05, 0.1) is 19.1 Å². The largest absolute Gasteiger partial charge is 0.493 e. The van der Waals surface area contributed by atoms with Crippen molar-refractivity contribution in [2.45, 2.75) is 31.4 Å². The standard InChI is InChI=1S/C25H28N4O3/c1-28-13-10-26-23(28)16-29-11-8-25(9-12-29)19-14-21(31-2)22(15-20(19)27-24(25)30)32-17-18-6-4-3-5-7-18/h3-7,10,13-15H,8-9,11-12,16-17H2,1-2H3,(H,27,30). The molecule has 32 heavy (non-hydrogen) atoms. The molecule has 0 radical (unpaired) electrons. The van der Waals surface area contributed by atoms with E-state index in [9.17, 15) is 4.79 Å². The van der Waals surface area contributed by atoms with E-state index < -0.39 is 5.41 Å². The van der Waals surface area contributed by atoms with Crippen molar-refractivity contribution >= 4 is 11.6 Å². The lowest BCUT2D eigenvalue weighted by Gasteiger charge is -2.37. The highest BCUT2D eigenvalue weighted by molar-refractivity contribution is 6.06. The number of nitrogens with zero attached hydrogens (tertiary/aromatic N) is 3. The zero-order valence-electron chi connectivity index (χ0n) is 18.5. The smallest absolute Gasteiger partial charge is 0.235 e. The average Bonchev–Trinajstić information content (AvgIpc) is 3.34. The minimum atomic E-state index is -0.515. The first kappa shape index (κ1) is 20.6. The molecule has 1 fully saturated rings. The van der Waals surface area contributed by atoms with Gasteiger partial charge in [0.1, 0.15) is 12.4 Å². The van der Waals surface area contributed by atoms with Gasteiger partial charge in [0.25, 0.3) is 0 Å². The van der Waals surface area contributed by atoms with Crippen LogP contribution in [0.1, 0.15) is 29.8 Å². The van der Waals surface area contributed by atoms with Crippen LogP contribution >= 0.6 is 0 Å². The maximum absolute atomic E-state index is 13.1. The summed E-state index contributed by atoms with van der Waals surface area (Å²) in [5, 5.41) is 3.11. The number of methoxy groups -OCH3 is 1. The molecule has 2 aliphatic rings. The van der Waals surface area contributed by atoms with Crippen LogP contribution in [0.4, 0.5) is 5.69 Å². The predicted octanol–water partition coefficient (Wildman–Crippen LogP) is 3.49. The fraction of sp³-hybridized carbons (Fsp3) is 0.360. The minimum Gasteiger partial charge on any atom is -0.493 e. The van der Waals surface area contributed by atoms with Crippen molar-refractivity contribution in [3.05, 3.63) is 71.8 Å². The number of benzene rings is 2. The number of fused-ring (bicyclic) bond motifs is 2. The SMILES string of the molecule is COc1cc2c(cc1OCc1ccccc1)NC(=O)C21CCN(Cc2nccn2C)CC1. The van der Waals surface area contributed by atoms with Gasteiger partial charge >= 0.3 is 0 Å². The molecule has 3 heterocycles. The normalized spacial score (nSPS) is 17.2. The first-order chi connectivity index (χ1) is 15.6. The van der Waals surface area contributed by atoms with E-state index in [1.165, 1.54) is 0 Å². The molecule has 0 saturated carbocycles. The molecule has 166 valence electrons. The highest BCUT2D eigenvalue weighted by Gasteiger charge is 2.49. The molecule has 0 unspecified atom stereocenters. The Kier molecular flexibility index (Phi) is 5.35. The van der Waals surface area contributed by atoms with E-state index in [4.69, 9.17) is 9.47 Å². The number of carbonyl (C=O) groups excluding carboxylic acids is 1. The van der Waals surface area contributed by atoms with Gasteiger partial charge in [-0.2, -0.15) is 0 Å². The Morgan fingerprint density at radius 1 is 1.12 bits per heavy atom. The molecule has 0 aliphatic carbocycles. The molecule has 2 aliphatic heterocycles. The molecule has 5 rings (SSSR count). The number of ether oxygens (including phenoxy) is 2. The summed E-state index contributed by atoms with van der Waals surface area (Å²) >= 11 is 0. The highest BCUT2D eigenvalue weighted by atomic mass is 16.5. The van der Waals surface area contributed by atoms with Crippen LogP contribution in [0.2, 0.25) is 0 Å². The number of nitrogens with one attached hydrogen (secondary N) is 1. The van der Waals surface area contributed by atoms with E-state index in [0.29, 0.717) is 18.1 Å². The van der Waals surface area contributed by atoms with Gasteiger partial charge in [0.2, 0.25) is 5.91 Å². The topological polar surface area (TPSA) is 68.6 Å². The molecule has 7 heteroatoms. The molecule has 1 N–H and O–H groups in total. The zero-order chi connectivity index (χ0) is 22.1. The van der Waals surface area contributed by atoms with Gasteiger partial charge < -0.3 is 19.4 Å². The van der Waals surface area contributed by atoms with Crippen molar-refractivity contribution in [1.82, 2.24) is 14.5 Å². The lowest BCUT2D eigenvalue weighted by molar-refractivity contribution is -0.122. The van der Waals surface area contributed by atoms with Crippen molar-refractivity contribution in [2.24, 2.45) is 7.05 Å². The second-order valence-corrected chi connectivity index (χ2v) is 8.59. The number of aromatic nitrogens is 2.